The van der Waals surface area contributed by atoms with Crippen molar-refractivity contribution in [1.29, 1.82) is 0 Å². The molecule has 2 atom stereocenters. The predicted molar refractivity (Wildman–Crippen MR) is 107 cm³/mol. The third kappa shape index (κ3) is 5.11. The minimum absolute atomic E-state index is 0.289. The predicted octanol–water partition coefficient (Wildman–Crippen LogP) is 3.28. The van der Waals surface area contributed by atoms with Crippen molar-refractivity contribution in [2.75, 3.05) is 0 Å². The molecule has 6 nitrogen and oxygen atoms in total. The number of hydrogen-bond donors (Lipinski definition) is 1. The molecule has 1 amide bonds. The van der Waals surface area contributed by atoms with Gasteiger partial charge in [0.2, 0.25) is 5.91 Å². The van der Waals surface area contributed by atoms with Crippen molar-refractivity contribution in [2.45, 2.75) is 84.0 Å². The molecule has 155 valence electrons. The van der Waals surface area contributed by atoms with Crippen LogP contribution in [0.25, 0.3) is 0 Å². The zero-order valence-electron chi connectivity index (χ0n) is 18.0. The van der Waals surface area contributed by atoms with Gasteiger partial charge in [-0.25, -0.2) is 4.79 Å². The van der Waals surface area contributed by atoms with E-state index in [0.717, 1.165) is 10.6 Å². The zero-order chi connectivity index (χ0) is 21.3. The molecule has 1 saturated heterocycles. The lowest BCUT2D eigenvalue weighted by molar-refractivity contribution is -0.247. The molecule has 1 aromatic rings. The molecule has 2 rings (SSSR count). The first-order chi connectivity index (χ1) is 12.7. The molecule has 0 aliphatic carbocycles. The Bertz CT molecular complexity index is 707. The first-order valence-electron chi connectivity index (χ1n) is 9.79. The second-order valence-electron chi connectivity index (χ2n) is 9.80. The molecule has 28 heavy (non-hydrogen) atoms. The standard InChI is InChI=1S/C22H33N2O4/c1-20(2,3)28-19(26)17(13-15-11-9-8-10-12-15)23-18(25)16-14-21(4,5)24(27)22(16,6)7/h8-12,16-17H,13-14H2,1-7H3,(H,23,25). The summed E-state index contributed by atoms with van der Waals surface area (Å²) in [7, 11) is 0. The molecule has 0 bridgehead atoms. The number of carbonyl (C=O) groups excluding carboxylic acids is 2. The SMILES string of the molecule is CC(C)(C)OC(=O)C(Cc1ccccc1)NC(=O)C1CC(C)(C)N([O])C1(C)C. The molecule has 1 aromatic carbocycles. The van der Waals surface area contributed by atoms with Crippen LogP contribution in [0.15, 0.2) is 30.3 Å². The van der Waals surface area contributed by atoms with Gasteiger partial charge >= 0.3 is 5.97 Å². The third-order valence-corrected chi connectivity index (χ3v) is 5.24. The number of hydroxylamine groups is 2. The van der Waals surface area contributed by atoms with Crippen molar-refractivity contribution >= 4 is 11.9 Å². The number of ether oxygens (including phenoxy) is 1. The van der Waals surface area contributed by atoms with Crippen LogP contribution in [0.2, 0.25) is 0 Å². The number of esters is 1. The summed E-state index contributed by atoms with van der Waals surface area (Å²) in [6.07, 6.45) is 0.765. The number of benzene rings is 1. The van der Waals surface area contributed by atoms with Crippen molar-refractivity contribution in [1.82, 2.24) is 10.4 Å². The Hall–Kier alpha value is -1.92. The van der Waals surface area contributed by atoms with E-state index < -0.39 is 34.6 Å². The van der Waals surface area contributed by atoms with Crippen LogP contribution in [-0.4, -0.2) is 39.7 Å². The van der Waals surface area contributed by atoms with Crippen molar-refractivity contribution in [3.63, 3.8) is 0 Å². The summed E-state index contributed by atoms with van der Waals surface area (Å²) in [5, 5.41) is 16.5. The largest absolute Gasteiger partial charge is 0.458 e. The van der Waals surface area contributed by atoms with Gasteiger partial charge < -0.3 is 10.1 Å². The lowest BCUT2D eigenvalue weighted by atomic mass is 9.86. The zero-order valence-corrected chi connectivity index (χ0v) is 18.0. The van der Waals surface area contributed by atoms with E-state index in [9.17, 15) is 14.8 Å². The van der Waals surface area contributed by atoms with E-state index in [4.69, 9.17) is 4.74 Å². The van der Waals surface area contributed by atoms with E-state index in [1.807, 2.05) is 44.2 Å². The molecule has 1 N–H and O–H groups in total. The summed E-state index contributed by atoms with van der Waals surface area (Å²) in [5.41, 5.74) is -1.21. The maximum absolute atomic E-state index is 13.1. The maximum atomic E-state index is 13.1. The fraction of sp³-hybridized carbons (Fsp3) is 0.636. The first-order valence-corrected chi connectivity index (χ1v) is 9.79. The molecule has 1 fully saturated rings. The van der Waals surface area contributed by atoms with Gasteiger partial charge in [0.05, 0.1) is 11.5 Å². The van der Waals surface area contributed by atoms with Gasteiger partial charge in [0.15, 0.2) is 0 Å². The van der Waals surface area contributed by atoms with Gasteiger partial charge in [-0.3, -0.25) is 4.79 Å². The summed E-state index contributed by atoms with van der Waals surface area (Å²) < 4.78 is 5.52. The van der Waals surface area contributed by atoms with Crippen LogP contribution in [0.3, 0.4) is 0 Å². The van der Waals surface area contributed by atoms with Crippen LogP contribution in [0.4, 0.5) is 0 Å². The van der Waals surface area contributed by atoms with Crippen LogP contribution in [0.5, 0.6) is 0 Å². The van der Waals surface area contributed by atoms with Gasteiger partial charge in [0.25, 0.3) is 0 Å². The van der Waals surface area contributed by atoms with E-state index in [2.05, 4.69) is 5.32 Å². The van der Waals surface area contributed by atoms with Gasteiger partial charge in [-0.1, -0.05) is 30.3 Å². The fourth-order valence-corrected chi connectivity index (χ4v) is 3.86. The van der Waals surface area contributed by atoms with Crippen molar-refractivity contribution < 1.29 is 19.5 Å². The third-order valence-electron chi connectivity index (χ3n) is 5.24. The van der Waals surface area contributed by atoms with Crippen molar-refractivity contribution in [2.24, 2.45) is 5.92 Å². The number of nitrogens with zero attached hydrogens (tertiary/aromatic N) is 1. The Labute approximate surface area is 168 Å². The summed E-state index contributed by atoms with van der Waals surface area (Å²) in [6.45, 7) is 12.6. The van der Waals surface area contributed by atoms with Gasteiger partial charge in [0.1, 0.15) is 11.6 Å². The summed E-state index contributed by atoms with van der Waals surface area (Å²) in [4.78, 5) is 25.8. The summed E-state index contributed by atoms with van der Waals surface area (Å²) in [6, 6.07) is 8.68. The minimum Gasteiger partial charge on any atom is -0.458 e. The Balaban J connectivity index is 2.21. The summed E-state index contributed by atoms with van der Waals surface area (Å²) >= 11 is 0. The monoisotopic (exact) mass is 389 g/mol. The van der Waals surface area contributed by atoms with Gasteiger partial charge in [-0.15, -0.1) is 10.3 Å². The second kappa shape index (κ2) is 7.84. The molecular weight excluding hydrogens is 356 g/mol. The van der Waals surface area contributed by atoms with E-state index in [1.54, 1.807) is 34.6 Å². The summed E-state index contributed by atoms with van der Waals surface area (Å²) in [5.74, 6) is -1.28. The normalized spacial score (nSPS) is 22.5. The molecule has 1 heterocycles. The van der Waals surface area contributed by atoms with Crippen molar-refractivity contribution in [3.8, 4) is 0 Å². The molecule has 1 aliphatic rings. The molecule has 6 heteroatoms. The van der Waals surface area contributed by atoms with E-state index in [-0.39, 0.29) is 5.91 Å². The Kier molecular flexibility index (Phi) is 6.26. The average molecular weight is 390 g/mol. The molecule has 2 unspecified atom stereocenters. The lowest BCUT2D eigenvalue weighted by Gasteiger charge is -2.33. The van der Waals surface area contributed by atoms with Gasteiger partial charge in [-0.2, -0.15) is 0 Å². The van der Waals surface area contributed by atoms with E-state index in [1.165, 1.54) is 0 Å². The van der Waals surface area contributed by atoms with Crippen LogP contribution in [0.1, 0.15) is 60.5 Å². The smallest absolute Gasteiger partial charge is 0.329 e. The van der Waals surface area contributed by atoms with Crippen molar-refractivity contribution in [3.05, 3.63) is 35.9 Å². The molecule has 1 radical (unpaired) electrons. The highest BCUT2D eigenvalue weighted by atomic mass is 16.6. The molecule has 0 saturated carbocycles. The Morgan fingerprint density at radius 3 is 2.21 bits per heavy atom. The van der Waals surface area contributed by atoms with Gasteiger partial charge in [0, 0.05) is 12.0 Å². The highest BCUT2D eigenvalue weighted by Crippen LogP contribution is 2.43. The number of rotatable bonds is 5. The highest BCUT2D eigenvalue weighted by molar-refractivity contribution is 5.87. The van der Waals surface area contributed by atoms with Crippen LogP contribution < -0.4 is 5.32 Å². The number of carbonyl (C=O) groups is 2. The van der Waals surface area contributed by atoms with Crippen LogP contribution >= 0.6 is 0 Å². The maximum Gasteiger partial charge on any atom is 0.329 e. The fourth-order valence-electron chi connectivity index (χ4n) is 3.86. The van der Waals surface area contributed by atoms with E-state index in [0.29, 0.717) is 12.8 Å². The lowest BCUT2D eigenvalue weighted by Crippen LogP contribution is -2.52. The second-order valence-corrected chi connectivity index (χ2v) is 9.80. The quantitative estimate of drug-likeness (QED) is 0.784. The topological polar surface area (TPSA) is 78.5 Å². The first kappa shape index (κ1) is 22.4. The molecule has 1 aliphatic heterocycles. The Morgan fingerprint density at radius 1 is 1.18 bits per heavy atom. The van der Waals surface area contributed by atoms with E-state index >= 15 is 0 Å². The molecule has 0 aromatic heterocycles. The minimum atomic E-state index is -0.848. The highest BCUT2D eigenvalue weighted by Gasteiger charge is 2.55. The molecular formula is C22H33N2O4. The van der Waals surface area contributed by atoms with Crippen LogP contribution in [0, 0.1) is 5.92 Å². The average Bonchev–Trinajstić information content (AvgIpc) is 2.73. The number of nitrogens with one attached hydrogen (secondary N) is 1. The number of hydrogen-bond acceptors (Lipinski definition) is 4. The Morgan fingerprint density at radius 2 is 1.75 bits per heavy atom. The molecule has 0 spiro atoms. The number of amides is 1. The van der Waals surface area contributed by atoms with Crippen LogP contribution in [-0.2, 0) is 26.0 Å². The van der Waals surface area contributed by atoms with Gasteiger partial charge in [-0.05, 0) is 60.5 Å².